The fraction of sp³-hybridized carbons (Fsp3) is 0.875. The van der Waals surface area contributed by atoms with Crippen molar-refractivity contribution >= 4 is 0 Å². The van der Waals surface area contributed by atoms with E-state index in [1.807, 2.05) is 0 Å². The van der Waals surface area contributed by atoms with E-state index in [1.54, 1.807) is 0 Å². The van der Waals surface area contributed by atoms with Gasteiger partial charge >= 0.3 is 0 Å². The predicted molar refractivity (Wildman–Crippen MR) is 55.9 cm³/mol. The van der Waals surface area contributed by atoms with Crippen LogP contribution < -0.4 is 22.1 Å². The van der Waals surface area contributed by atoms with Crippen LogP contribution in [0.3, 0.4) is 0 Å². The van der Waals surface area contributed by atoms with Crippen LogP contribution >= 0.6 is 0 Å². The number of hydrogen-bond donors (Lipinski definition) is 4. The molecule has 5 nitrogen and oxygen atoms in total. The van der Waals surface area contributed by atoms with Gasteiger partial charge in [0.15, 0.2) is 0 Å². The summed E-state index contributed by atoms with van der Waals surface area (Å²) in [5, 5.41) is 6.41. The molecule has 0 fully saturated rings. The summed E-state index contributed by atoms with van der Waals surface area (Å²) in [6.45, 7) is 9.27. The summed E-state index contributed by atoms with van der Waals surface area (Å²) in [7, 11) is 0. The second kappa shape index (κ2) is 9.42. The highest BCUT2D eigenvalue weighted by atomic mass is 15.0. The van der Waals surface area contributed by atoms with Crippen LogP contribution in [0.2, 0.25) is 0 Å². The third kappa shape index (κ3) is 7.68. The van der Waals surface area contributed by atoms with Crippen LogP contribution in [0.1, 0.15) is 0 Å². The topological polar surface area (TPSA) is 80.5 Å². The number of nitrogens with two attached hydrogens (primary N) is 2. The van der Waals surface area contributed by atoms with Crippen LogP contribution in [0.25, 0.3) is 4.85 Å². The molecule has 13 heavy (non-hydrogen) atoms. The molecule has 0 aromatic rings. The maximum atomic E-state index is 5.54. The van der Waals surface area contributed by atoms with Crippen molar-refractivity contribution in [3.8, 4) is 6.57 Å². The minimum absolute atomic E-state index is 0.279. The Morgan fingerprint density at radius 3 is 2.62 bits per heavy atom. The van der Waals surface area contributed by atoms with Crippen LogP contribution in [0.4, 0.5) is 0 Å². The molecule has 0 radical (unpaired) electrons. The van der Waals surface area contributed by atoms with E-state index in [1.165, 1.54) is 0 Å². The van der Waals surface area contributed by atoms with Gasteiger partial charge in [-0.1, -0.05) is 4.85 Å². The van der Waals surface area contributed by atoms with E-state index in [-0.39, 0.29) is 6.04 Å². The Morgan fingerprint density at radius 2 is 2.08 bits per heavy atom. The van der Waals surface area contributed by atoms with Gasteiger partial charge in [-0.05, 0) is 0 Å². The highest BCUT2D eigenvalue weighted by Gasteiger charge is 2.03. The van der Waals surface area contributed by atoms with E-state index in [2.05, 4.69) is 15.5 Å². The van der Waals surface area contributed by atoms with E-state index in [0.29, 0.717) is 19.6 Å². The highest BCUT2D eigenvalue weighted by molar-refractivity contribution is 4.73. The molecule has 0 aromatic heterocycles. The normalized spacial score (nSPS) is 12.4. The Hall–Kier alpha value is -0.670. The van der Waals surface area contributed by atoms with Crippen molar-refractivity contribution in [3.05, 3.63) is 4.85 Å². The molecule has 0 aliphatic carbocycles. The molecule has 0 bridgehead atoms. The van der Waals surface area contributed by atoms with Gasteiger partial charge in [-0.2, -0.15) is 0 Å². The van der Waals surface area contributed by atoms with Crippen LogP contribution in [-0.2, 0) is 0 Å². The molecule has 0 aromatic carbocycles. The van der Waals surface area contributed by atoms with Gasteiger partial charge in [0, 0.05) is 32.2 Å². The summed E-state index contributed by atoms with van der Waals surface area (Å²) >= 11 is 0. The molecular weight excluding hydrogens is 166 g/mol. The van der Waals surface area contributed by atoms with Crippen molar-refractivity contribution in [1.29, 1.82) is 0 Å². The third-order valence-electron chi connectivity index (χ3n) is 1.67. The van der Waals surface area contributed by atoms with Crippen LogP contribution in [0.5, 0.6) is 0 Å². The number of nitrogens with one attached hydrogen (secondary N) is 2. The monoisotopic (exact) mass is 186 g/mol. The maximum Gasteiger partial charge on any atom is 0.275 e. The first-order valence-electron chi connectivity index (χ1n) is 4.56. The molecule has 5 heteroatoms. The van der Waals surface area contributed by atoms with Crippen LogP contribution in [-0.4, -0.2) is 45.3 Å². The van der Waals surface area contributed by atoms with E-state index in [4.69, 9.17) is 18.0 Å². The molecular formula is C8H20N5+. The summed E-state index contributed by atoms with van der Waals surface area (Å²) < 4.78 is 0. The second-order valence-electron chi connectivity index (χ2n) is 2.79. The Kier molecular flexibility index (Phi) is 8.93. The quantitative estimate of drug-likeness (QED) is 0.345. The Bertz CT molecular complexity index is 142. The molecule has 0 saturated heterocycles. The summed E-state index contributed by atoms with van der Waals surface area (Å²) in [6.07, 6.45) is 0. The van der Waals surface area contributed by atoms with Gasteiger partial charge in [0.2, 0.25) is 0 Å². The minimum atomic E-state index is 0.279. The summed E-state index contributed by atoms with van der Waals surface area (Å²) in [5.41, 5.74) is 10.9. The van der Waals surface area contributed by atoms with Gasteiger partial charge in [0.1, 0.15) is 0 Å². The van der Waals surface area contributed by atoms with Crippen molar-refractivity contribution in [1.82, 2.24) is 10.6 Å². The summed E-state index contributed by atoms with van der Waals surface area (Å²) in [5.74, 6) is 0. The Balaban J connectivity index is 3.32. The average Bonchev–Trinajstić information content (AvgIpc) is 2.17. The van der Waals surface area contributed by atoms with Crippen LogP contribution in [0.15, 0.2) is 0 Å². The van der Waals surface area contributed by atoms with E-state index >= 15 is 0 Å². The number of nitrogens with zero attached hydrogens (tertiary/aromatic N) is 1. The molecule has 0 aliphatic rings. The van der Waals surface area contributed by atoms with Crippen molar-refractivity contribution in [2.75, 3.05) is 39.3 Å². The van der Waals surface area contributed by atoms with Gasteiger partial charge in [-0.15, -0.1) is 0 Å². The largest absolute Gasteiger partial charge is 0.329 e. The second-order valence-corrected chi connectivity index (χ2v) is 2.79. The lowest BCUT2D eigenvalue weighted by Gasteiger charge is -2.15. The molecule has 76 valence electrons. The van der Waals surface area contributed by atoms with Crippen molar-refractivity contribution < 1.29 is 0 Å². The average molecular weight is 186 g/mol. The molecule has 0 amide bonds. The smallest absolute Gasteiger partial charge is 0.275 e. The van der Waals surface area contributed by atoms with E-state index in [0.717, 1.165) is 19.6 Å². The highest BCUT2D eigenvalue weighted by Crippen LogP contribution is 1.76. The predicted octanol–water partition coefficient (Wildman–Crippen LogP) is -1.59. The van der Waals surface area contributed by atoms with Crippen LogP contribution in [0, 0.1) is 6.57 Å². The molecule has 6 N–H and O–H groups in total. The van der Waals surface area contributed by atoms with Crippen molar-refractivity contribution in [2.45, 2.75) is 6.04 Å². The lowest BCUT2D eigenvalue weighted by Crippen LogP contribution is -2.45. The molecule has 0 saturated carbocycles. The molecule has 0 spiro atoms. The van der Waals surface area contributed by atoms with Gasteiger partial charge < -0.3 is 22.1 Å². The molecule has 0 heterocycles. The first-order valence-corrected chi connectivity index (χ1v) is 4.56. The van der Waals surface area contributed by atoms with E-state index in [9.17, 15) is 0 Å². The maximum absolute atomic E-state index is 5.54. The number of hydrogen-bond acceptors (Lipinski definition) is 4. The SMILES string of the molecule is C#[N+]CCNCC(CN)NCCN. The third-order valence-corrected chi connectivity index (χ3v) is 1.67. The molecule has 0 aliphatic heterocycles. The van der Waals surface area contributed by atoms with Crippen molar-refractivity contribution in [2.24, 2.45) is 11.5 Å². The van der Waals surface area contributed by atoms with E-state index < -0.39 is 0 Å². The van der Waals surface area contributed by atoms with Gasteiger partial charge in [0.05, 0.1) is 6.54 Å². The lowest BCUT2D eigenvalue weighted by atomic mass is 10.3. The van der Waals surface area contributed by atoms with Gasteiger partial charge in [0.25, 0.3) is 13.1 Å². The van der Waals surface area contributed by atoms with Crippen molar-refractivity contribution in [3.63, 3.8) is 0 Å². The zero-order valence-electron chi connectivity index (χ0n) is 8.00. The zero-order valence-corrected chi connectivity index (χ0v) is 8.00. The first-order chi connectivity index (χ1) is 6.35. The first kappa shape index (κ1) is 12.3. The Labute approximate surface area is 79.7 Å². The summed E-state index contributed by atoms with van der Waals surface area (Å²) in [6, 6.07) is 0.279. The lowest BCUT2D eigenvalue weighted by molar-refractivity contribution is 0.490. The summed E-state index contributed by atoms with van der Waals surface area (Å²) in [4.78, 5) is 3.49. The number of rotatable bonds is 8. The van der Waals surface area contributed by atoms with Gasteiger partial charge in [-0.25, -0.2) is 0 Å². The molecule has 1 unspecified atom stereocenters. The van der Waals surface area contributed by atoms with Gasteiger partial charge in [-0.3, -0.25) is 0 Å². The Morgan fingerprint density at radius 1 is 1.31 bits per heavy atom. The molecule has 1 atom stereocenters. The minimum Gasteiger partial charge on any atom is -0.329 e. The fourth-order valence-electron chi connectivity index (χ4n) is 0.946. The standard InChI is InChI=1S/C8H20N5/c1-11-4-5-12-7-8(6-10)13-3-2-9/h1,8,12-13H,2-7,9-10H2/q+1. The fourth-order valence-corrected chi connectivity index (χ4v) is 0.946. The zero-order chi connectivity index (χ0) is 9.94. The molecule has 0 rings (SSSR count).